The Bertz CT molecular complexity index is 796. The third-order valence-corrected chi connectivity index (χ3v) is 3.39. The van der Waals surface area contributed by atoms with Crippen LogP contribution in [0.2, 0.25) is 0 Å². The fraction of sp³-hybridized carbons (Fsp3) is 0.214. The van der Waals surface area contributed by atoms with Gasteiger partial charge in [0.05, 0.1) is 6.33 Å². The van der Waals surface area contributed by atoms with Gasteiger partial charge in [0.2, 0.25) is 5.95 Å². The van der Waals surface area contributed by atoms with Crippen molar-refractivity contribution in [1.29, 1.82) is 0 Å². The monoisotopic (exact) mass is 305 g/mol. The normalized spacial score (nSPS) is 12.0. The van der Waals surface area contributed by atoms with Crippen LogP contribution in [-0.2, 0) is 6.54 Å². The summed E-state index contributed by atoms with van der Waals surface area (Å²) in [5.74, 6) is 0.365. The Balaban J connectivity index is 0.00000161. The average Bonchev–Trinajstić information content (AvgIpc) is 2.92. The molecule has 0 spiro atoms. The molecule has 0 fully saturated rings. The molecule has 6 nitrogen and oxygen atoms in total. The van der Waals surface area contributed by atoms with E-state index in [-0.39, 0.29) is 29.8 Å². The number of H-pyrrole nitrogens is 1. The number of nitrogen functional groups attached to an aromatic ring is 1. The van der Waals surface area contributed by atoms with Crippen LogP contribution in [-0.4, -0.2) is 19.5 Å². The van der Waals surface area contributed by atoms with E-state index in [9.17, 15) is 4.79 Å². The van der Waals surface area contributed by atoms with E-state index in [0.29, 0.717) is 17.7 Å². The molecule has 0 unspecified atom stereocenters. The van der Waals surface area contributed by atoms with Gasteiger partial charge in [-0.1, -0.05) is 37.3 Å². The molecule has 7 heteroatoms. The zero-order valence-corrected chi connectivity index (χ0v) is 12.3. The Kier molecular flexibility index (Phi) is 4.28. The number of imidazole rings is 1. The van der Waals surface area contributed by atoms with Gasteiger partial charge in [-0.05, 0) is 11.5 Å². The second-order valence-corrected chi connectivity index (χ2v) is 4.80. The predicted octanol–water partition coefficient (Wildman–Crippen LogP) is 1.93. The molecule has 3 N–H and O–H groups in total. The van der Waals surface area contributed by atoms with Gasteiger partial charge in [0.25, 0.3) is 5.56 Å². The van der Waals surface area contributed by atoms with Gasteiger partial charge < -0.3 is 10.7 Å². The number of benzene rings is 1. The summed E-state index contributed by atoms with van der Waals surface area (Å²) in [6.07, 6.45) is 1.45. The number of rotatable bonds is 3. The number of nitrogens with one attached hydrogen (secondary N) is 1. The highest BCUT2D eigenvalue weighted by Crippen LogP contribution is 2.17. The van der Waals surface area contributed by atoms with E-state index in [1.54, 1.807) is 0 Å². The molecule has 21 heavy (non-hydrogen) atoms. The van der Waals surface area contributed by atoms with Crippen LogP contribution in [0.4, 0.5) is 5.95 Å². The lowest BCUT2D eigenvalue weighted by Gasteiger charge is -2.15. The molecule has 1 atom stereocenters. The highest BCUT2D eigenvalue weighted by Gasteiger charge is 2.14. The average molecular weight is 306 g/mol. The van der Waals surface area contributed by atoms with Crippen molar-refractivity contribution in [3.63, 3.8) is 0 Å². The van der Waals surface area contributed by atoms with Crippen molar-refractivity contribution < 1.29 is 0 Å². The largest absolute Gasteiger partial charge is 0.369 e. The van der Waals surface area contributed by atoms with Gasteiger partial charge in [-0.15, -0.1) is 12.4 Å². The molecule has 0 aliphatic carbocycles. The van der Waals surface area contributed by atoms with Gasteiger partial charge in [-0.25, -0.2) is 4.98 Å². The third kappa shape index (κ3) is 2.75. The number of fused-ring (bicyclic) bond motifs is 1. The van der Waals surface area contributed by atoms with E-state index in [0.717, 1.165) is 5.56 Å². The van der Waals surface area contributed by atoms with Gasteiger partial charge in [-0.3, -0.25) is 9.36 Å². The number of anilines is 1. The number of hydrogen-bond acceptors (Lipinski definition) is 4. The summed E-state index contributed by atoms with van der Waals surface area (Å²) in [6.45, 7) is 2.53. The van der Waals surface area contributed by atoms with Crippen LogP contribution in [0.5, 0.6) is 0 Å². The van der Waals surface area contributed by atoms with Crippen LogP contribution >= 0.6 is 12.4 Å². The Morgan fingerprint density at radius 3 is 2.76 bits per heavy atom. The summed E-state index contributed by atoms with van der Waals surface area (Å²) in [7, 11) is 0. The number of hydrogen-bond donors (Lipinski definition) is 2. The second kappa shape index (κ2) is 5.97. The first kappa shape index (κ1) is 15.1. The van der Waals surface area contributed by atoms with Crippen molar-refractivity contribution in [2.45, 2.75) is 19.4 Å². The molecular weight excluding hydrogens is 290 g/mol. The molecule has 0 aliphatic rings. The van der Waals surface area contributed by atoms with Crippen molar-refractivity contribution in [2.24, 2.45) is 0 Å². The molecule has 0 radical (unpaired) electrons. The van der Waals surface area contributed by atoms with E-state index in [4.69, 9.17) is 5.73 Å². The highest BCUT2D eigenvalue weighted by molar-refractivity contribution is 5.85. The van der Waals surface area contributed by atoms with Crippen molar-refractivity contribution >= 4 is 29.5 Å². The molecule has 0 bridgehead atoms. The summed E-state index contributed by atoms with van der Waals surface area (Å²) >= 11 is 0. The Hall–Kier alpha value is -2.34. The van der Waals surface area contributed by atoms with Gasteiger partial charge in [0.1, 0.15) is 0 Å². The van der Waals surface area contributed by atoms with Crippen LogP contribution < -0.4 is 11.3 Å². The summed E-state index contributed by atoms with van der Waals surface area (Å²) in [5, 5.41) is 0. The van der Waals surface area contributed by atoms with Crippen LogP contribution in [0.3, 0.4) is 0 Å². The zero-order chi connectivity index (χ0) is 14.1. The molecule has 3 aromatic rings. The van der Waals surface area contributed by atoms with Gasteiger partial charge in [0, 0.05) is 6.54 Å². The fourth-order valence-electron chi connectivity index (χ4n) is 2.27. The van der Waals surface area contributed by atoms with Gasteiger partial charge in [-0.2, -0.15) is 4.98 Å². The SMILES string of the molecule is C[C@H](Cn1c(N)nc2[nH]cnc2c1=O)c1ccccc1.Cl. The Morgan fingerprint density at radius 1 is 1.33 bits per heavy atom. The maximum absolute atomic E-state index is 12.3. The molecule has 0 amide bonds. The van der Waals surface area contributed by atoms with Crippen LogP contribution in [0, 0.1) is 0 Å². The van der Waals surface area contributed by atoms with Gasteiger partial charge in [0.15, 0.2) is 11.2 Å². The number of aromatic nitrogens is 4. The van der Waals surface area contributed by atoms with Crippen molar-refractivity contribution in [1.82, 2.24) is 19.5 Å². The second-order valence-electron chi connectivity index (χ2n) is 4.80. The summed E-state index contributed by atoms with van der Waals surface area (Å²) in [6, 6.07) is 9.99. The molecular formula is C14H16ClN5O. The molecule has 2 aromatic heterocycles. The minimum Gasteiger partial charge on any atom is -0.369 e. The molecule has 1 aromatic carbocycles. The highest BCUT2D eigenvalue weighted by atomic mass is 35.5. The number of nitrogens with two attached hydrogens (primary N) is 1. The first-order valence-electron chi connectivity index (χ1n) is 6.41. The molecule has 110 valence electrons. The first-order chi connectivity index (χ1) is 9.66. The quantitative estimate of drug-likeness (QED) is 0.773. The maximum Gasteiger partial charge on any atom is 0.283 e. The van der Waals surface area contributed by atoms with E-state index >= 15 is 0 Å². The fourth-order valence-corrected chi connectivity index (χ4v) is 2.27. The first-order valence-corrected chi connectivity index (χ1v) is 6.41. The van der Waals surface area contributed by atoms with E-state index < -0.39 is 0 Å². The smallest absolute Gasteiger partial charge is 0.283 e. The molecule has 3 rings (SSSR count). The molecule has 0 saturated heterocycles. The third-order valence-electron chi connectivity index (χ3n) is 3.39. The topological polar surface area (TPSA) is 89.6 Å². The van der Waals surface area contributed by atoms with Crippen molar-refractivity contribution in [3.8, 4) is 0 Å². The minimum atomic E-state index is -0.212. The lowest BCUT2D eigenvalue weighted by Crippen LogP contribution is -2.26. The lowest BCUT2D eigenvalue weighted by atomic mass is 10.0. The minimum absolute atomic E-state index is 0. The lowest BCUT2D eigenvalue weighted by molar-refractivity contribution is 0.584. The van der Waals surface area contributed by atoms with Crippen LogP contribution in [0.1, 0.15) is 18.4 Å². The van der Waals surface area contributed by atoms with Crippen molar-refractivity contribution in [3.05, 3.63) is 52.6 Å². The predicted molar refractivity (Wildman–Crippen MR) is 84.7 cm³/mol. The number of nitrogens with zero attached hydrogens (tertiary/aromatic N) is 3. The summed E-state index contributed by atoms with van der Waals surface area (Å²) < 4.78 is 1.47. The zero-order valence-electron chi connectivity index (χ0n) is 11.5. The molecule has 2 heterocycles. The van der Waals surface area contributed by atoms with Gasteiger partial charge >= 0.3 is 0 Å². The van der Waals surface area contributed by atoms with Crippen molar-refractivity contribution in [2.75, 3.05) is 5.73 Å². The Labute approximate surface area is 127 Å². The van der Waals surface area contributed by atoms with E-state index in [1.165, 1.54) is 10.9 Å². The summed E-state index contributed by atoms with van der Waals surface area (Å²) in [4.78, 5) is 23.3. The summed E-state index contributed by atoms with van der Waals surface area (Å²) in [5.41, 5.74) is 7.57. The Morgan fingerprint density at radius 2 is 2.05 bits per heavy atom. The van der Waals surface area contributed by atoms with Crippen LogP contribution in [0.15, 0.2) is 41.5 Å². The molecule has 0 aliphatic heterocycles. The van der Waals surface area contributed by atoms with E-state index in [1.807, 2.05) is 30.3 Å². The molecule has 0 saturated carbocycles. The number of aromatic amines is 1. The van der Waals surface area contributed by atoms with Crippen LogP contribution in [0.25, 0.3) is 11.2 Å². The van der Waals surface area contributed by atoms with E-state index in [2.05, 4.69) is 21.9 Å². The number of halogens is 1. The maximum atomic E-state index is 12.3. The standard InChI is InChI=1S/C14H15N5O.ClH/c1-9(10-5-3-2-4-6-10)7-19-13(20)11-12(17-8-16-11)18-14(19)15;/h2-6,8-9H,7H2,1H3,(H2,15,18)(H,16,17);1H/t9-;/m1./s1.